The lowest BCUT2D eigenvalue weighted by atomic mass is 9.93. The molecule has 3 heterocycles. The zero-order chi connectivity index (χ0) is 49.2. The molecule has 0 aliphatic carbocycles. The van der Waals surface area contributed by atoms with E-state index in [4.69, 9.17) is 32.7 Å². The Labute approximate surface area is 413 Å². The molecule has 1 saturated heterocycles. The van der Waals surface area contributed by atoms with Crippen LogP contribution in [0, 0.1) is 5.92 Å². The Morgan fingerprint density at radius 2 is 1.51 bits per heavy atom. The van der Waals surface area contributed by atoms with Gasteiger partial charge in [0.15, 0.2) is 0 Å². The van der Waals surface area contributed by atoms with Crippen LogP contribution in [0.5, 0.6) is 11.5 Å². The van der Waals surface area contributed by atoms with Gasteiger partial charge in [0.05, 0.1) is 37.5 Å². The van der Waals surface area contributed by atoms with Gasteiger partial charge in [0.1, 0.15) is 29.4 Å². The van der Waals surface area contributed by atoms with Gasteiger partial charge in [0.2, 0.25) is 29.5 Å². The molecule has 5 amide bonds. The van der Waals surface area contributed by atoms with Gasteiger partial charge in [-0.1, -0.05) is 71.7 Å². The van der Waals surface area contributed by atoms with Crippen molar-refractivity contribution >= 4 is 52.7 Å². The number of nitrogens with one attached hydrogen (secondary N) is 3. The van der Waals surface area contributed by atoms with Crippen molar-refractivity contribution in [3.05, 3.63) is 136 Å². The van der Waals surface area contributed by atoms with Crippen LogP contribution < -0.4 is 20.7 Å². The topological polar surface area (TPSA) is 167 Å². The summed E-state index contributed by atoms with van der Waals surface area (Å²) in [7, 11) is 4.66. The molecular weight excluding hydrogens is 920 g/mol. The SMILES string of the molecule is COC[C@@H]1NC(=O)[C@H](C)N(Cc2ccc(Cl)cc2Oc2ccc(-c3cnc4n3CCNC4)cc2)C(=O)C[C@@H](Cc2ccccc2)C(=O)N(C)[C@@H](C)CNC(=O)C[C@H](Cc2ccc(Cl)cc2)N(C)C1=O. The monoisotopic (exact) mass is 978 g/mol. The predicted octanol–water partition coefficient (Wildman–Crippen LogP) is 6.29. The van der Waals surface area contributed by atoms with E-state index in [1.807, 2.05) is 79.9 Å². The molecule has 2 aliphatic rings. The van der Waals surface area contributed by atoms with Crippen molar-refractivity contribution in [2.75, 3.05) is 40.9 Å². The van der Waals surface area contributed by atoms with Crippen molar-refractivity contribution < 1.29 is 33.4 Å². The van der Waals surface area contributed by atoms with Gasteiger partial charge < -0.3 is 44.7 Å². The second-order valence-electron chi connectivity index (χ2n) is 17.8. The molecule has 4 aromatic carbocycles. The van der Waals surface area contributed by atoms with Crippen LogP contribution in [0.2, 0.25) is 10.0 Å². The minimum Gasteiger partial charge on any atom is -0.457 e. The van der Waals surface area contributed by atoms with E-state index in [-0.39, 0.29) is 50.8 Å². The summed E-state index contributed by atoms with van der Waals surface area (Å²) in [5.41, 5.74) is 4.20. The zero-order valence-corrected chi connectivity index (χ0v) is 41.1. The number of likely N-dealkylation sites (N-methyl/N-ethyl adjacent to an activating group) is 2. The number of fused-ring (bicyclic) bond motifs is 1. The van der Waals surface area contributed by atoms with Crippen LogP contribution >= 0.6 is 23.2 Å². The summed E-state index contributed by atoms with van der Waals surface area (Å²) in [5, 5.41) is 10.1. The molecule has 0 spiro atoms. The van der Waals surface area contributed by atoms with Gasteiger partial charge in [-0.15, -0.1) is 0 Å². The van der Waals surface area contributed by atoms with Gasteiger partial charge >= 0.3 is 0 Å². The van der Waals surface area contributed by atoms with E-state index in [1.54, 1.807) is 56.3 Å². The quantitative estimate of drug-likeness (QED) is 0.138. The Balaban J connectivity index is 1.22. The highest BCUT2D eigenvalue weighted by Gasteiger charge is 2.36. The van der Waals surface area contributed by atoms with Gasteiger partial charge in [-0.05, 0) is 86.3 Å². The van der Waals surface area contributed by atoms with Crippen LogP contribution in [0.25, 0.3) is 11.3 Å². The number of aromatic nitrogens is 2. The summed E-state index contributed by atoms with van der Waals surface area (Å²) < 4.78 is 14.2. The first-order chi connectivity index (χ1) is 33.2. The molecule has 5 atom stereocenters. The van der Waals surface area contributed by atoms with Crippen LogP contribution in [0.15, 0.2) is 103 Å². The smallest absolute Gasteiger partial charge is 0.247 e. The lowest BCUT2D eigenvalue weighted by molar-refractivity contribution is -0.147. The number of nitrogens with zero attached hydrogens (tertiary/aromatic N) is 5. The van der Waals surface area contributed by atoms with Crippen LogP contribution in [0.3, 0.4) is 0 Å². The Bertz CT molecular complexity index is 2590. The Morgan fingerprint density at radius 3 is 2.23 bits per heavy atom. The van der Waals surface area contributed by atoms with Crippen molar-refractivity contribution in [2.45, 2.75) is 83.3 Å². The van der Waals surface area contributed by atoms with Gasteiger partial charge in [-0.2, -0.15) is 0 Å². The van der Waals surface area contributed by atoms with E-state index >= 15 is 4.79 Å². The molecule has 0 saturated carbocycles. The number of carbonyl (C=O) groups excluding carboxylic acids is 5. The normalized spacial score (nSPS) is 21.3. The number of rotatable bonds is 11. The number of benzene rings is 4. The molecule has 0 radical (unpaired) electrons. The van der Waals surface area contributed by atoms with E-state index in [0.717, 1.165) is 41.3 Å². The Kier molecular flexibility index (Phi) is 17.1. The summed E-state index contributed by atoms with van der Waals surface area (Å²) in [4.78, 5) is 81.3. The molecular formula is C52H60Cl2N8O7. The molecule has 1 fully saturated rings. The summed E-state index contributed by atoms with van der Waals surface area (Å²) >= 11 is 12.8. The van der Waals surface area contributed by atoms with Gasteiger partial charge in [-0.3, -0.25) is 24.0 Å². The first-order valence-corrected chi connectivity index (χ1v) is 23.9. The average molecular weight is 980 g/mol. The van der Waals surface area contributed by atoms with E-state index < -0.39 is 47.8 Å². The number of carbonyl (C=O) groups is 5. The second kappa shape index (κ2) is 23.4. The first-order valence-electron chi connectivity index (χ1n) is 23.2. The van der Waals surface area contributed by atoms with E-state index in [1.165, 1.54) is 16.9 Å². The van der Waals surface area contributed by atoms with Gasteiger partial charge in [0.25, 0.3) is 0 Å². The van der Waals surface area contributed by atoms with Crippen LogP contribution in [-0.4, -0.2) is 119 Å². The number of ether oxygens (including phenoxy) is 2. The number of imidazole rings is 1. The maximum atomic E-state index is 15.0. The molecule has 0 bridgehead atoms. The standard InChI is InChI=1S/C52H60Cl2N8O7/c1-33-28-57-48(63)27-42(24-36-11-16-40(53)17-12-36)60(4)52(67)44(32-68-5)58-50(65)34(2)62(49(64)25-39(51(66)59(33)3)23-35-9-7-6-8-10-35)31-38-13-18-41(54)26-46(38)69-43-19-14-37(15-20-43)45-29-56-47-30-55-21-22-61(45)47/h6-20,26,29,33-34,39,42,44,55H,21-25,27-28,30-32H2,1-5H3,(H,57,63)(H,58,65)/t33-,34-,39+,42-,44-/m0/s1. The maximum absolute atomic E-state index is 15.0. The number of hydrogen-bond donors (Lipinski definition) is 3. The predicted molar refractivity (Wildman–Crippen MR) is 265 cm³/mol. The minimum absolute atomic E-state index is 0.0712. The highest BCUT2D eigenvalue weighted by atomic mass is 35.5. The molecule has 3 N–H and O–H groups in total. The third-order valence-corrected chi connectivity index (χ3v) is 13.5. The van der Waals surface area contributed by atoms with Crippen LogP contribution in [0.1, 0.15) is 49.2 Å². The Morgan fingerprint density at radius 1 is 0.797 bits per heavy atom. The highest BCUT2D eigenvalue weighted by Crippen LogP contribution is 2.33. The zero-order valence-electron chi connectivity index (χ0n) is 39.6. The van der Waals surface area contributed by atoms with Crippen molar-refractivity contribution in [1.29, 1.82) is 0 Å². The fourth-order valence-corrected chi connectivity index (χ4v) is 9.02. The van der Waals surface area contributed by atoms with Crippen LogP contribution in [0.4, 0.5) is 0 Å². The summed E-state index contributed by atoms with van der Waals surface area (Å²) in [6, 6.07) is 25.8. The van der Waals surface area contributed by atoms with E-state index in [2.05, 4.69) is 25.5 Å². The maximum Gasteiger partial charge on any atom is 0.247 e. The summed E-state index contributed by atoms with van der Waals surface area (Å²) in [5.74, 6) is -1.25. The molecule has 69 heavy (non-hydrogen) atoms. The molecule has 15 nitrogen and oxygen atoms in total. The molecule has 5 aromatic rings. The molecule has 7 rings (SSSR count). The molecule has 0 unspecified atom stereocenters. The van der Waals surface area contributed by atoms with Crippen molar-refractivity contribution in [1.82, 2.24) is 40.2 Å². The largest absolute Gasteiger partial charge is 0.457 e. The molecule has 1 aromatic heterocycles. The van der Waals surface area contributed by atoms with Crippen molar-refractivity contribution in [3.8, 4) is 22.8 Å². The molecule has 364 valence electrons. The first kappa shape index (κ1) is 50.6. The number of amides is 5. The second-order valence-corrected chi connectivity index (χ2v) is 18.7. The van der Waals surface area contributed by atoms with Gasteiger partial charge in [0, 0.05) is 86.9 Å². The van der Waals surface area contributed by atoms with Crippen molar-refractivity contribution in [2.24, 2.45) is 5.92 Å². The van der Waals surface area contributed by atoms with Gasteiger partial charge in [-0.25, -0.2) is 4.98 Å². The summed E-state index contributed by atoms with van der Waals surface area (Å²) in [6.45, 7) is 5.58. The number of halogens is 2. The number of methoxy groups -OCH3 is 1. The Hall–Kier alpha value is -6.26. The van der Waals surface area contributed by atoms with E-state index in [9.17, 15) is 19.2 Å². The lowest BCUT2D eigenvalue weighted by Gasteiger charge is -2.35. The summed E-state index contributed by atoms with van der Waals surface area (Å²) in [6.07, 6.45) is 2.07. The third-order valence-electron chi connectivity index (χ3n) is 13.0. The highest BCUT2D eigenvalue weighted by molar-refractivity contribution is 6.31. The average Bonchev–Trinajstić information content (AvgIpc) is 3.79. The molecule has 2 aliphatic heterocycles. The van der Waals surface area contributed by atoms with E-state index in [0.29, 0.717) is 40.1 Å². The number of hydrogen-bond acceptors (Lipinski definition) is 9. The fourth-order valence-electron chi connectivity index (χ4n) is 8.73. The van der Waals surface area contributed by atoms with Crippen molar-refractivity contribution in [3.63, 3.8) is 0 Å². The lowest BCUT2D eigenvalue weighted by Crippen LogP contribution is -2.57. The van der Waals surface area contributed by atoms with Crippen LogP contribution in [-0.2, 0) is 61.2 Å². The minimum atomic E-state index is -1.19. The fraction of sp³-hybridized carbons (Fsp3) is 0.385. The third kappa shape index (κ3) is 12.9. The molecule has 17 heteroatoms.